The Morgan fingerprint density at radius 1 is 1.10 bits per heavy atom. The number of hydrogen-bond donors (Lipinski definition) is 1. The summed E-state index contributed by atoms with van der Waals surface area (Å²) < 4.78 is 33.9. The van der Waals surface area contributed by atoms with Crippen LogP contribution in [0.4, 0.5) is 5.69 Å². The molecule has 0 atom stereocenters. The summed E-state index contributed by atoms with van der Waals surface area (Å²) >= 11 is 0. The van der Waals surface area contributed by atoms with E-state index in [0.717, 1.165) is 19.3 Å². The molecule has 1 aliphatic heterocycles. The van der Waals surface area contributed by atoms with Gasteiger partial charge in [-0.15, -0.1) is 0 Å². The predicted molar refractivity (Wildman–Crippen MR) is 114 cm³/mol. The van der Waals surface area contributed by atoms with Crippen LogP contribution in [0.2, 0.25) is 0 Å². The lowest BCUT2D eigenvalue weighted by Gasteiger charge is -2.27. The number of amides is 1. The van der Waals surface area contributed by atoms with Gasteiger partial charge in [0.1, 0.15) is 0 Å². The molecule has 1 N–H and O–H groups in total. The summed E-state index contributed by atoms with van der Waals surface area (Å²) in [7, 11) is -3.81. The van der Waals surface area contributed by atoms with Crippen LogP contribution in [-0.4, -0.2) is 45.5 Å². The van der Waals surface area contributed by atoms with Gasteiger partial charge in [0, 0.05) is 24.3 Å². The fourth-order valence-electron chi connectivity index (χ4n) is 3.30. The molecular formula is C22H28N2O4S. The summed E-state index contributed by atoms with van der Waals surface area (Å²) in [6, 6.07) is 12.3. The number of nitrogens with zero attached hydrogens (tertiary/aromatic N) is 1. The van der Waals surface area contributed by atoms with Crippen LogP contribution in [0, 0.1) is 6.92 Å². The minimum Gasteiger partial charge on any atom is -0.378 e. The van der Waals surface area contributed by atoms with Crippen LogP contribution in [0.5, 0.6) is 0 Å². The minimum absolute atomic E-state index is 0.117. The van der Waals surface area contributed by atoms with E-state index in [4.69, 9.17) is 4.74 Å². The molecule has 1 aliphatic rings. The first-order valence-corrected chi connectivity index (χ1v) is 11.5. The summed E-state index contributed by atoms with van der Waals surface area (Å²) in [6.45, 7) is 5.89. The Balaban J connectivity index is 1.79. The Morgan fingerprint density at radius 3 is 2.45 bits per heavy atom. The molecule has 0 aromatic heterocycles. The van der Waals surface area contributed by atoms with Gasteiger partial charge in [-0.05, 0) is 55.2 Å². The molecule has 1 heterocycles. The number of rotatable bonds is 7. The number of unbranched alkanes of at least 4 members (excludes halogenated alkanes) is 1. The molecule has 7 heteroatoms. The second-order valence-corrected chi connectivity index (χ2v) is 8.94. The van der Waals surface area contributed by atoms with Crippen LogP contribution in [0.25, 0.3) is 0 Å². The monoisotopic (exact) mass is 416 g/mol. The molecule has 0 radical (unpaired) electrons. The van der Waals surface area contributed by atoms with E-state index in [1.807, 2.05) is 12.1 Å². The van der Waals surface area contributed by atoms with Crippen molar-refractivity contribution in [2.75, 3.05) is 31.0 Å². The van der Waals surface area contributed by atoms with Crippen molar-refractivity contribution >= 4 is 21.6 Å². The number of carbonyl (C=O) groups is 1. The van der Waals surface area contributed by atoms with Crippen LogP contribution in [0.3, 0.4) is 0 Å². The van der Waals surface area contributed by atoms with Gasteiger partial charge in [0.15, 0.2) is 0 Å². The molecule has 6 nitrogen and oxygen atoms in total. The van der Waals surface area contributed by atoms with E-state index in [2.05, 4.69) is 11.6 Å². The molecule has 2 aromatic carbocycles. The summed E-state index contributed by atoms with van der Waals surface area (Å²) in [5.41, 5.74) is 2.65. The quantitative estimate of drug-likeness (QED) is 0.748. The van der Waals surface area contributed by atoms with Crippen molar-refractivity contribution in [2.24, 2.45) is 0 Å². The molecule has 0 saturated carbocycles. The zero-order valence-electron chi connectivity index (χ0n) is 17.0. The van der Waals surface area contributed by atoms with Crippen molar-refractivity contribution in [1.82, 2.24) is 4.90 Å². The van der Waals surface area contributed by atoms with Crippen LogP contribution in [0.1, 0.15) is 41.3 Å². The van der Waals surface area contributed by atoms with E-state index in [9.17, 15) is 13.2 Å². The van der Waals surface area contributed by atoms with Crippen molar-refractivity contribution in [2.45, 2.75) is 38.0 Å². The lowest BCUT2D eigenvalue weighted by molar-refractivity contribution is 0.0302. The molecule has 0 spiro atoms. The van der Waals surface area contributed by atoms with Crippen molar-refractivity contribution in [1.29, 1.82) is 0 Å². The Labute approximate surface area is 172 Å². The fraction of sp³-hybridized carbons (Fsp3) is 0.409. The van der Waals surface area contributed by atoms with Gasteiger partial charge in [-0.25, -0.2) is 8.42 Å². The van der Waals surface area contributed by atoms with Gasteiger partial charge in [0.25, 0.3) is 15.9 Å². The second-order valence-electron chi connectivity index (χ2n) is 7.29. The largest absolute Gasteiger partial charge is 0.378 e. The Kier molecular flexibility index (Phi) is 6.92. The maximum atomic E-state index is 13.0. The van der Waals surface area contributed by atoms with Gasteiger partial charge < -0.3 is 9.64 Å². The van der Waals surface area contributed by atoms with Gasteiger partial charge in [-0.1, -0.05) is 31.5 Å². The highest BCUT2D eigenvalue weighted by atomic mass is 32.2. The van der Waals surface area contributed by atoms with E-state index in [1.165, 1.54) is 11.6 Å². The average Bonchev–Trinajstić information content (AvgIpc) is 2.73. The van der Waals surface area contributed by atoms with E-state index in [-0.39, 0.29) is 10.8 Å². The van der Waals surface area contributed by atoms with Crippen LogP contribution in [-0.2, 0) is 21.2 Å². The van der Waals surface area contributed by atoms with Crippen molar-refractivity contribution in [3.8, 4) is 0 Å². The Morgan fingerprint density at radius 2 is 1.79 bits per heavy atom. The molecule has 1 amide bonds. The van der Waals surface area contributed by atoms with Crippen molar-refractivity contribution < 1.29 is 17.9 Å². The summed E-state index contributed by atoms with van der Waals surface area (Å²) in [5.74, 6) is -0.176. The number of hydrogen-bond acceptors (Lipinski definition) is 4. The first kappa shape index (κ1) is 21.3. The number of ether oxygens (including phenoxy) is 1. The third-order valence-electron chi connectivity index (χ3n) is 5.05. The number of sulfonamides is 1. The number of aryl methyl sites for hydroxylation is 2. The van der Waals surface area contributed by atoms with Gasteiger partial charge in [0.05, 0.1) is 18.1 Å². The summed E-state index contributed by atoms with van der Waals surface area (Å²) in [6.07, 6.45) is 3.20. The van der Waals surface area contributed by atoms with Crippen LogP contribution >= 0.6 is 0 Å². The number of carbonyl (C=O) groups excluding carboxylic acids is 1. The van der Waals surface area contributed by atoms with E-state index in [0.29, 0.717) is 43.1 Å². The first-order chi connectivity index (χ1) is 13.9. The van der Waals surface area contributed by atoms with Gasteiger partial charge in [-0.3, -0.25) is 9.52 Å². The van der Waals surface area contributed by atoms with Crippen molar-refractivity contribution in [3.05, 3.63) is 59.2 Å². The zero-order valence-corrected chi connectivity index (χ0v) is 17.8. The standard InChI is InChI=1S/C22H28N2O4S/c1-3-4-5-18-7-10-20(11-8-18)23-29(26,27)21-16-19(9-6-17(21)2)22(25)24-12-14-28-15-13-24/h6-11,16,23H,3-5,12-15H2,1-2H3. The lowest BCUT2D eigenvalue weighted by atomic mass is 10.1. The minimum atomic E-state index is -3.81. The molecule has 0 aliphatic carbocycles. The second kappa shape index (κ2) is 9.41. The van der Waals surface area contributed by atoms with Crippen LogP contribution < -0.4 is 4.72 Å². The summed E-state index contributed by atoms with van der Waals surface area (Å²) in [4.78, 5) is 14.5. The third kappa shape index (κ3) is 5.36. The highest BCUT2D eigenvalue weighted by Gasteiger charge is 2.23. The van der Waals surface area contributed by atoms with Gasteiger partial charge >= 0.3 is 0 Å². The molecule has 3 rings (SSSR count). The molecule has 1 fully saturated rings. The normalized spacial score (nSPS) is 14.6. The molecule has 156 valence electrons. The highest BCUT2D eigenvalue weighted by molar-refractivity contribution is 7.92. The molecule has 0 bridgehead atoms. The number of anilines is 1. The fourth-order valence-corrected chi connectivity index (χ4v) is 4.63. The third-order valence-corrected chi connectivity index (χ3v) is 6.57. The Hall–Kier alpha value is -2.38. The van der Waals surface area contributed by atoms with Gasteiger partial charge in [-0.2, -0.15) is 0 Å². The lowest BCUT2D eigenvalue weighted by Crippen LogP contribution is -2.40. The van der Waals surface area contributed by atoms with Gasteiger partial charge in [0.2, 0.25) is 0 Å². The smallest absolute Gasteiger partial charge is 0.262 e. The Bertz CT molecular complexity index is 949. The average molecular weight is 417 g/mol. The maximum Gasteiger partial charge on any atom is 0.262 e. The first-order valence-electron chi connectivity index (χ1n) is 10.00. The predicted octanol–water partition coefficient (Wildman–Crippen LogP) is 3.61. The SMILES string of the molecule is CCCCc1ccc(NS(=O)(=O)c2cc(C(=O)N3CCOCC3)ccc2C)cc1. The molecular weight excluding hydrogens is 388 g/mol. The molecule has 0 unspecified atom stereocenters. The maximum absolute atomic E-state index is 13.0. The molecule has 1 saturated heterocycles. The van der Waals surface area contributed by atoms with E-state index in [1.54, 1.807) is 36.1 Å². The topological polar surface area (TPSA) is 75.7 Å². The summed E-state index contributed by atoms with van der Waals surface area (Å²) in [5, 5.41) is 0. The van der Waals surface area contributed by atoms with E-state index >= 15 is 0 Å². The van der Waals surface area contributed by atoms with Crippen molar-refractivity contribution in [3.63, 3.8) is 0 Å². The highest BCUT2D eigenvalue weighted by Crippen LogP contribution is 2.22. The number of morpholine rings is 1. The number of benzene rings is 2. The van der Waals surface area contributed by atoms with E-state index < -0.39 is 10.0 Å². The molecule has 2 aromatic rings. The zero-order chi connectivity index (χ0) is 20.9. The van der Waals surface area contributed by atoms with Crippen LogP contribution in [0.15, 0.2) is 47.4 Å². The molecule has 29 heavy (non-hydrogen) atoms. The number of nitrogens with one attached hydrogen (secondary N) is 1.